The summed E-state index contributed by atoms with van der Waals surface area (Å²) in [5.41, 5.74) is 0. The molecule has 0 aromatic rings. The molecule has 1 nitrogen and oxygen atoms in total. The molecule has 0 radical (unpaired) electrons. The molecule has 0 amide bonds. The number of hydrogen-bond acceptors (Lipinski definition) is 1. The highest BCUT2D eigenvalue weighted by Gasteiger charge is 2.10. The molecule has 0 aliphatic carbocycles. The Balaban J connectivity index is 0.000001000. The quantitative estimate of drug-likeness (QED) is 0.632. The van der Waals surface area contributed by atoms with Crippen molar-refractivity contribution < 1.29 is 0 Å². The molecule has 0 unspecified atom stereocenters. The largest absolute Gasteiger partial charge is 0.307 e. The van der Waals surface area contributed by atoms with Crippen LogP contribution in [0, 0.1) is 0 Å². The molecule has 11 heavy (non-hydrogen) atoms. The van der Waals surface area contributed by atoms with E-state index in [9.17, 15) is 0 Å². The Bertz CT molecular complexity index is 142. The van der Waals surface area contributed by atoms with E-state index >= 15 is 0 Å². The molecule has 0 aromatic heterocycles. The summed E-state index contributed by atoms with van der Waals surface area (Å²) in [5, 5.41) is 3.46. The van der Waals surface area contributed by atoms with Crippen LogP contribution in [0.4, 0.5) is 0 Å². The van der Waals surface area contributed by atoms with Gasteiger partial charge in [0.15, 0.2) is 0 Å². The minimum atomic E-state index is 0. The second-order valence-corrected chi connectivity index (χ2v) is 2.84. The first kappa shape index (κ1) is 10.7. The summed E-state index contributed by atoms with van der Waals surface area (Å²) in [6.45, 7) is 5.89. The number of nitrogens with one attached hydrogen (secondary N) is 1. The second-order valence-electron chi connectivity index (χ2n) is 2.84. The molecule has 1 aliphatic heterocycles. The molecule has 0 saturated carbocycles. The third-order valence-electron chi connectivity index (χ3n) is 1.80. The molecule has 0 saturated heterocycles. The van der Waals surface area contributed by atoms with E-state index in [0.717, 1.165) is 12.8 Å². The van der Waals surface area contributed by atoms with E-state index < -0.39 is 0 Å². The monoisotopic (exact) mass is 173 g/mol. The lowest BCUT2D eigenvalue weighted by atomic mass is 10.0. The van der Waals surface area contributed by atoms with Gasteiger partial charge in [-0.1, -0.05) is 18.2 Å². The molecular weight excluding hydrogens is 158 g/mol. The summed E-state index contributed by atoms with van der Waals surface area (Å²) in [6.07, 6.45) is 8.66. The fourth-order valence-corrected chi connectivity index (χ4v) is 1.31. The number of hydrogen-bond donors (Lipinski definition) is 1. The highest BCUT2D eigenvalue weighted by atomic mass is 35.5. The Morgan fingerprint density at radius 1 is 1.73 bits per heavy atom. The summed E-state index contributed by atoms with van der Waals surface area (Å²) < 4.78 is 0. The zero-order valence-electron chi connectivity index (χ0n) is 6.92. The lowest BCUT2D eigenvalue weighted by molar-refractivity contribution is 0.472. The van der Waals surface area contributed by atoms with Crippen LogP contribution >= 0.6 is 12.4 Å². The van der Waals surface area contributed by atoms with Crippen LogP contribution in [0.15, 0.2) is 24.8 Å². The van der Waals surface area contributed by atoms with E-state index in [-0.39, 0.29) is 12.4 Å². The smallest absolute Gasteiger partial charge is 0.0224 e. The summed E-state index contributed by atoms with van der Waals surface area (Å²) in [7, 11) is 0. The van der Waals surface area contributed by atoms with E-state index in [1.807, 2.05) is 6.08 Å². The Hall–Kier alpha value is -0.270. The molecule has 0 fully saturated rings. The zero-order valence-corrected chi connectivity index (χ0v) is 7.73. The topological polar surface area (TPSA) is 12.0 Å². The molecule has 0 bridgehead atoms. The van der Waals surface area contributed by atoms with Gasteiger partial charge in [0.1, 0.15) is 0 Å². The maximum Gasteiger partial charge on any atom is 0.0224 e. The van der Waals surface area contributed by atoms with E-state index in [1.54, 1.807) is 0 Å². The lowest BCUT2D eigenvalue weighted by Crippen LogP contribution is -2.37. The van der Waals surface area contributed by atoms with Crippen LogP contribution in [0.2, 0.25) is 0 Å². The lowest BCUT2D eigenvalue weighted by Gasteiger charge is -2.23. The standard InChI is InChI=1S/C9H15N.ClH/c1-3-5-9-7-4-6-8(2)10-9;/h3-4,6,8-10H,1,5,7H2,2H3;1H/t8-,9+;/m0./s1. The Morgan fingerprint density at radius 2 is 2.45 bits per heavy atom. The molecular formula is C9H16ClN. The van der Waals surface area contributed by atoms with Crippen LogP contribution in [0.5, 0.6) is 0 Å². The van der Waals surface area contributed by atoms with Gasteiger partial charge in [-0.2, -0.15) is 0 Å². The Labute approximate surface area is 75.0 Å². The summed E-state index contributed by atoms with van der Waals surface area (Å²) in [5.74, 6) is 0. The first-order valence-corrected chi connectivity index (χ1v) is 3.86. The molecule has 64 valence electrons. The van der Waals surface area contributed by atoms with Gasteiger partial charge in [0.05, 0.1) is 0 Å². The zero-order chi connectivity index (χ0) is 7.40. The summed E-state index contributed by atoms with van der Waals surface area (Å²) >= 11 is 0. The second kappa shape index (κ2) is 5.39. The van der Waals surface area contributed by atoms with Crippen molar-refractivity contribution in [3.8, 4) is 0 Å². The van der Waals surface area contributed by atoms with E-state index in [4.69, 9.17) is 0 Å². The van der Waals surface area contributed by atoms with E-state index in [0.29, 0.717) is 12.1 Å². The molecule has 1 aliphatic rings. The summed E-state index contributed by atoms with van der Waals surface area (Å²) in [4.78, 5) is 0. The maximum absolute atomic E-state index is 3.72. The minimum absolute atomic E-state index is 0. The number of halogens is 1. The van der Waals surface area contributed by atoms with Crippen molar-refractivity contribution in [1.29, 1.82) is 0 Å². The highest BCUT2D eigenvalue weighted by molar-refractivity contribution is 5.85. The van der Waals surface area contributed by atoms with Crippen molar-refractivity contribution in [2.75, 3.05) is 0 Å². The van der Waals surface area contributed by atoms with Crippen molar-refractivity contribution in [2.24, 2.45) is 0 Å². The van der Waals surface area contributed by atoms with Gasteiger partial charge in [-0.3, -0.25) is 0 Å². The van der Waals surface area contributed by atoms with Gasteiger partial charge in [0.2, 0.25) is 0 Å². The van der Waals surface area contributed by atoms with E-state index in [1.165, 1.54) is 0 Å². The van der Waals surface area contributed by atoms with Gasteiger partial charge < -0.3 is 5.32 Å². The number of rotatable bonds is 2. The van der Waals surface area contributed by atoms with Gasteiger partial charge in [-0.25, -0.2) is 0 Å². The molecule has 1 N–H and O–H groups in total. The predicted molar refractivity (Wildman–Crippen MR) is 52.2 cm³/mol. The van der Waals surface area contributed by atoms with Gasteiger partial charge in [0, 0.05) is 12.1 Å². The van der Waals surface area contributed by atoms with Crippen molar-refractivity contribution in [3.63, 3.8) is 0 Å². The average Bonchev–Trinajstić information content (AvgIpc) is 1.88. The van der Waals surface area contributed by atoms with Crippen molar-refractivity contribution in [3.05, 3.63) is 24.8 Å². The Kier molecular flexibility index (Phi) is 5.26. The fourth-order valence-electron chi connectivity index (χ4n) is 1.31. The SMILES string of the molecule is C=CC[C@@H]1CC=C[C@H](C)N1.Cl. The van der Waals surface area contributed by atoms with Crippen LogP contribution in [-0.4, -0.2) is 12.1 Å². The molecule has 1 heterocycles. The van der Waals surface area contributed by atoms with Crippen LogP contribution in [0.1, 0.15) is 19.8 Å². The molecule has 1 rings (SSSR count). The van der Waals surface area contributed by atoms with Crippen LogP contribution in [-0.2, 0) is 0 Å². The van der Waals surface area contributed by atoms with Crippen molar-refractivity contribution in [2.45, 2.75) is 31.8 Å². The Morgan fingerprint density at radius 3 is 3.00 bits per heavy atom. The van der Waals surface area contributed by atoms with Crippen molar-refractivity contribution in [1.82, 2.24) is 5.32 Å². The first-order chi connectivity index (χ1) is 4.83. The fraction of sp³-hybridized carbons (Fsp3) is 0.556. The van der Waals surface area contributed by atoms with Crippen LogP contribution < -0.4 is 5.32 Å². The highest BCUT2D eigenvalue weighted by Crippen LogP contribution is 2.07. The molecule has 0 aromatic carbocycles. The van der Waals surface area contributed by atoms with Gasteiger partial charge in [-0.15, -0.1) is 19.0 Å². The average molecular weight is 174 g/mol. The van der Waals surface area contributed by atoms with Gasteiger partial charge in [-0.05, 0) is 19.8 Å². The summed E-state index contributed by atoms with van der Waals surface area (Å²) in [6, 6.07) is 1.16. The van der Waals surface area contributed by atoms with Crippen molar-refractivity contribution >= 4 is 12.4 Å². The van der Waals surface area contributed by atoms with Crippen LogP contribution in [0.3, 0.4) is 0 Å². The van der Waals surface area contributed by atoms with Crippen LogP contribution in [0.25, 0.3) is 0 Å². The molecule has 2 heteroatoms. The minimum Gasteiger partial charge on any atom is -0.307 e. The van der Waals surface area contributed by atoms with Gasteiger partial charge in [0.25, 0.3) is 0 Å². The third kappa shape index (κ3) is 3.59. The predicted octanol–water partition coefficient (Wildman–Crippen LogP) is 2.29. The third-order valence-corrected chi connectivity index (χ3v) is 1.80. The van der Waals surface area contributed by atoms with E-state index in [2.05, 4.69) is 31.0 Å². The molecule has 2 atom stereocenters. The normalized spacial score (nSPS) is 29.2. The molecule has 0 spiro atoms. The maximum atomic E-state index is 3.72. The first-order valence-electron chi connectivity index (χ1n) is 3.86. The van der Waals surface area contributed by atoms with Gasteiger partial charge >= 0.3 is 0 Å².